The molecule has 2 heterocycles. The number of para-hydroxylation sites is 2. The van der Waals surface area contributed by atoms with Crippen molar-refractivity contribution in [2.75, 3.05) is 11.3 Å². The van der Waals surface area contributed by atoms with Gasteiger partial charge in [-0.3, -0.25) is 4.72 Å². The van der Waals surface area contributed by atoms with Gasteiger partial charge in [0, 0.05) is 12.6 Å². The van der Waals surface area contributed by atoms with Crippen molar-refractivity contribution < 1.29 is 17.9 Å². The fourth-order valence-corrected chi connectivity index (χ4v) is 3.81. The molecule has 3 rings (SSSR count). The van der Waals surface area contributed by atoms with E-state index in [0.29, 0.717) is 27.7 Å². The van der Waals surface area contributed by atoms with E-state index >= 15 is 0 Å². The van der Waals surface area contributed by atoms with Crippen molar-refractivity contribution in [1.29, 1.82) is 0 Å². The molecule has 30 heavy (non-hydrogen) atoms. The molecule has 2 aromatic heterocycles. The molecule has 0 bridgehead atoms. The summed E-state index contributed by atoms with van der Waals surface area (Å²) < 4.78 is 36.5. The van der Waals surface area contributed by atoms with Crippen LogP contribution in [-0.2, 0) is 10.2 Å². The van der Waals surface area contributed by atoms with E-state index in [4.69, 9.17) is 4.74 Å². The Balaban J connectivity index is 2.03. The number of anilines is 1. The highest BCUT2D eigenvalue weighted by molar-refractivity contribution is 7.90. The zero-order valence-electron chi connectivity index (χ0n) is 17.1. The van der Waals surface area contributed by atoms with Gasteiger partial charge in [0.15, 0.2) is 12.4 Å². The highest BCUT2D eigenvalue weighted by atomic mass is 32.2. The average molecular weight is 432 g/mol. The first-order valence-corrected chi connectivity index (χ1v) is 11.2. The molecule has 0 aliphatic heterocycles. The van der Waals surface area contributed by atoms with E-state index < -0.39 is 16.3 Å². The van der Waals surface area contributed by atoms with Gasteiger partial charge in [0.2, 0.25) is 5.82 Å². The zero-order chi connectivity index (χ0) is 21.7. The van der Waals surface area contributed by atoms with E-state index in [9.17, 15) is 13.6 Å². The summed E-state index contributed by atoms with van der Waals surface area (Å²) >= 11 is 0. The summed E-state index contributed by atoms with van der Waals surface area (Å²) in [6.07, 6.45) is 2.92. The van der Waals surface area contributed by atoms with Crippen LogP contribution >= 0.6 is 0 Å². The molecule has 1 aromatic carbocycles. The number of benzene rings is 1. The highest BCUT2D eigenvalue weighted by Crippen LogP contribution is 2.32. The van der Waals surface area contributed by atoms with Crippen molar-refractivity contribution in [3.8, 4) is 5.88 Å². The molecule has 0 amide bonds. The summed E-state index contributed by atoms with van der Waals surface area (Å²) in [6, 6.07) is 10.5. The molecule has 0 saturated carbocycles. The van der Waals surface area contributed by atoms with Crippen molar-refractivity contribution >= 4 is 27.1 Å². The van der Waals surface area contributed by atoms with Crippen molar-refractivity contribution in [3.05, 3.63) is 59.6 Å². The Morgan fingerprint density at radius 1 is 1.13 bits per heavy atom. The quantitative estimate of drug-likeness (QED) is 0.397. The van der Waals surface area contributed by atoms with Crippen LogP contribution in [0.4, 0.5) is 5.82 Å². The monoisotopic (exact) mass is 431 g/mol. The van der Waals surface area contributed by atoms with Gasteiger partial charge in [0.1, 0.15) is 6.10 Å². The van der Waals surface area contributed by atoms with Crippen LogP contribution in [-0.4, -0.2) is 24.9 Å². The number of pyridine rings is 1. The van der Waals surface area contributed by atoms with Gasteiger partial charge >= 0.3 is 0 Å². The Morgan fingerprint density at radius 2 is 1.83 bits per heavy atom. The lowest BCUT2D eigenvalue weighted by atomic mass is 10.0. The van der Waals surface area contributed by atoms with Crippen LogP contribution in [0.25, 0.3) is 11.0 Å². The minimum atomic E-state index is -3.85. The molecule has 1 atom stereocenters. The minimum absolute atomic E-state index is 0.0196. The zero-order valence-corrected chi connectivity index (χ0v) is 17.9. The Hall–Kier alpha value is -2.98. The van der Waals surface area contributed by atoms with Crippen LogP contribution in [0.1, 0.15) is 38.9 Å². The minimum Gasteiger partial charge on any atom is -0.619 e. The van der Waals surface area contributed by atoms with Gasteiger partial charge in [-0.05, 0) is 30.5 Å². The van der Waals surface area contributed by atoms with E-state index in [2.05, 4.69) is 19.4 Å². The maximum atomic E-state index is 12.4. The lowest BCUT2D eigenvalue weighted by Crippen LogP contribution is -2.31. The van der Waals surface area contributed by atoms with Crippen LogP contribution in [0.2, 0.25) is 0 Å². The van der Waals surface area contributed by atoms with Crippen LogP contribution in [0.3, 0.4) is 0 Å². The molecule has 160 valence electrons. The second-order valence-electron chi connectivity index (χ2n) is 7.15. The van der Waals surface area contributed by atoms with Gasteiger partial charge in [-0.2, -0.15) is 17.9 Å². The molecule has 2 N–H and O–H groups in total. The molecular weight excluding hydrogens is 406 g/mol. The van der Waals surface area contributed by atoms with Crippen molar-refractivity contribution in [3.63, 3.8) is 0 Å². The lowest BCUT2D eigenvalue weighted by molar-refractivity contribution is -0.606. The van der Waals surface area contributed by atoms with Gasteiger partial charge in [-0.25, -0.2) is 9.97 Å². The fraction of sp³-hybridized carbons (Fsp3) is 0.350. The number of hydrogen-bond acceptors (Lipinski definition) is 6. The number of nitrogens with zero attached hydrogens (tertiary/aromatic N) is 3. The van der Waals surface area contributed by atoms with Crippen LogP contribution in [0.15, 0.2) is 48.8 Å². The molecule has 0 saturated heterocycles. The molecular formula is C20H25N5O4S. The number of rotatable bonds is 9. The first kappa shape index (κ1) is 21.7. The van der Waals surface area contributed by atoms with E-state index in [1.54, 1.807) is 30.3 Å². The second-order valence-corrected chi connectivity index (χ2v) is 8.65. The van der Waals surface area contributed by atoms with Crippen molar-refractivity contribution in [1.82, 2.24) is 14.7 Å². The lowest BCUT2D eigenvalue weighted by Gasteiger charge is -2.23. The van der Waals surface area contributed by atoms with Crippen LogP contribution < -0.4 is 18.9 Å². The number of hydrogen-bond donors (Lipinski definition) is 2. The molecule has 0 aliphatic rings. The first-order chi connectivity index (χ1) is 14.3. The van der Waals surface area contributed by atoms with Gasteiger partial charge in [-0.1, -0.05) is 32.9 Å². The molecule has 10 heteroatoms. The van der Waals surface area contributed by atoms with Gasteiger partial charge in [-0.15, -0.1) is 0 Å². The predicted octanol–water partition coefficient (Wildman–Crippen LogP) is 2.70. The van der Waals surface area contributed by atoms with Crippen LogP contribution in [0.5, 0.6) is 5.88 Å². The molecule has 0 aliphatic carbocycles. The third kappa shape index (κ3) is 5.33. The Labute approximate surface area is 175 Å². The summed E-state index contributed by atoms with van der Waals surface area (Å²) in [5, 5.41) is 11.7. The molecule has 0 spiro atoms. The Morgan fingerprint density at radius 3 is 2.47 bits per heavy atom. The van der Waals surface area contributed by atoms with Gasteiger partial charge in [0.05, 0.1) is 16.6 Å². The molecule has 0 fully saturated rings. The third-order valence-electron chi connectivity index (χ3n) is 4.28. The first-order valence-electron chi connectivity index (χ1n) is 9.68. The molecule has 3 aromatic rings. The maximum Gasteiger partial charge on any atom is 0.300 e. The average Bonchev–Trinajstić information content (AvgIpc) is 2.70. The standard InChI is InChI=1S/C20H25N5O4S/c1-4-11-21-30(27,28)24-19-20(23-17-10-6-5-9-16(17)22-19)29-18(14(2)3)15-8-7-12-25(26)13-15/h5-10,12-14,18,21H,4,11H2,1-3H3,(H,22,24). The summed E-state index contributed by atoms with van der Waals surface area (Å²) in [6.45, 7) is 6.03. The van der Waals surface area contributed by atoms with E-state index in [1.165, 1.54) is 12.4 Å². The third-order valence-corrected chi connectivity index (χ3v) is 5.33. The highest BCUT2D eigenvalue weighted by Gasteiger charge is 2.24. The summed E-state index contributed by atoms with van der Waals surface area (Å²) in [4.78, 5) is 8.89. The van der Waals surface area contributed by atoms with Crippen molar-refractivity contribution in [2.24, 2.45) is 5.92 Å². The molecule has 9 nitrogen and oxygen atoms in total. The predicted molar refractivity (Wildman–Crippen MR) is 114 cm³/mol. The van der Waals surface area contributed by atoms with Crippen LogP contribution in [0, 0.1) is 11.1 Å². The second kappa shape index (κ2) is 9.23. The van der Waals surface area contributed by atoms with E-state index in [1.807, 2.05) is 26.8 Å². The topological polar surface area (TPSA) is 120 Å². The SMILES string of the molecule is CCCNS(=O)(=O)Nc1nc2ccccc2nc1OC(c1ccc[n+]([O-])c1)C(C)C. The summed E-state index contributed by atoms with van der Waals surface area (Å²) in [5.41, 5.74) is 1.73. The number of fused-ring (bicyclic) bond motifs is 1. The van der Waals surface area contributed by atoms with E-state index in [0.717, 1.165) is 0 Å². The number of nitrogens with one attached hydrogen (secondary N) is 2. The summed E-state index contributed by atoms with van der Waals surface area (Å²) in [5.74, 6) is -0.00666. The van der Waals surface area contributed by atoms with E-state index in [-0.39, 0.29) is 24.2 Å². The fourth-order valence-electron chi connectivity index (χ4n) is 2.88. The number of ether oxygens (including phenoxy) is 1. The summed E-state index contributed by atoms with van der Waals surface area (Å²) in [7, 11) is -3.85. The number of aromatic nitrogens is 3. The molecule has 0 radical (unpaired) electrons. The normalized spacial score (nSPS) is 12.8. The largest absolute Gasteiger partial charge is 0.619 e. The molecule has 1 unspecified atom stereocenters. The van der Waals surface area contributed by atoms with Gasteiger partial charge in [0.25, 0.3) is 16.1 Å². The van der Waals surface area contributed by atoms with Gasteiger partial charge < -0.3 is 9.94 Å². The Kier molecular flexibility index (Phi) is 6.68. The van der Waals surface area contributed by atoms with Crippen molar-refractivity contribution in [2.45, 2.75) is 33.3 Å². The smallest absolute Gasteiger partial charge is 0.300 e. The maximum absolute atomic E-state index is 12.4. The Bertz CT molecular complexity index is 1120.